The molecule has 5 nitrogen and oxygen atoms in total. The Kier molecular flexibility index (Phi) is 7.03. The van der Waals surface area contributed by atoms with Gasteiger partial charge >= 0.3 is 0 Å². The first-order valence-corrected chi connectivity index (χ1v) is 10.6. The lowest BCUT2D eigenvalue weighted by molar-refractivity contribution is 0.0920. The number of halogens is 2. The lowest BCUT2D eigenvalue weighted by Gasteiger charge is -2.27. The van der Waals surface area contributed by atoms with E-state index >= 15 is 0 Å². The summed E-state index contributed by atoms with van der Waals surface area (Å²) in [6.45, 7) is 2.12. The highest BCUT2D eigenvalue weighted by atomic mass is 19.1. The average Bonchev–Trinajstić information content (AvgIpc) is 3.49. The number of rotatable bonds is 10. The highest BCUT2D eigenvalue weighted by Gasteiger charge is 2.38. The summed E-state index contributed by atoms with van der Waals surface area (Å²) in [7, 11) is 1.63. The van der Waals surface area contributed by atoms with Gasteiger partial charge in [-0.05, 0) is 59.7 Å². The van der Waals surface area contributed by atoms with Crippen molar-refractivity contribution in [1.29, 1.82) is 0 Å². The predicted octanol–water partition coefficient (Wildman–Crippen LogP) is 5.08. The quantitative estimate of drug-likeness (QED) is 0.363. The Morgan fingerprint density at radius 3 is 2.12 bits per heavy atom. The molecule has 0 atom stereocenters. The Balaban J connectivity index is 1.67. The first kappa shape index (κ1) is 22.9. The van der Waals surface area contributed by atoms with Crippen molar-refractivity contribution in [3.05, 3.63) is 119 Å². The molecule has 0 amide bonds. The van der Waals surface area contributed by atoms with Crippen molar-refractivity contribution in [3.63, 3.8) is 0 Å². The van der Waals surface area contributed by atoms with Crippen LogP contribution in [0.25, 0.3) is 0 Å². The van der Waals surface area contributed by atoms with Gasteiger partial charge in [-0.1, -0.05) is 24.3 Å². The van der Waals surface area contributed by atoms with Gasteiger partial charge in [-0.2, -0.15) is 0 Å². The molecule has 0 bridgehead atoms. The van der Waals surface area contributed by atoms with Crippen LogP contribution in [-0.4, -0.2) is 30.3 Å². The van der Waals surface area contributed by atoms with E-state index in [1.54, 1.807) is 37.6 Å². The second-order valence-corrected chi connectivity index (χ2v) is 7.78. The van der Waals surface area contributed by atoms with Gasteiger partial charge in [-0.3, -0.25) is 4.90 Å². The second kappa shape index (κ2) is 10.1. The van der Waals surface area contributed by atoms with Gasteiger partial charge in [0.2, 0.25) is 0 Å². The van der Waals surface area contributed by atoms with Crippen LogP contribution in [0.4, 0.5) is 8.78 Å². The maximum atomic E-state index is 14.0. The Labute approximate surface area is 190 Å². The lowest BCUT2D eigenvalue weighted by atomic mass is 9.84. The van der Waals surface area contributed by atoms with Crippen LogP contribution in [0.2, 0.25) is 0 Å². The first-order valence-electron chi connectivity index (χ1n) is 10.6. The number of aliphatic hydroxyl groups is 1. The molecule has 0 aliphatic heterocycles. The average molecular weight is 453 g/mol. The van der Waals surface area contributed by atoms with Crippen LogP contribution in [0.5, 0.6) is 0 Å². The van der Waals surface area contributed by atoms with E-state index in [0.717, 1.165) is 5.76 Å². The van der Waals surface area contributed by atoms with Crippen LogP contribution in [0, 0.1) is 11.6 Å². The first-order chi connectivity index (χ1) is 16.0. The molecule has 0 unspecified atom stereocenters. The van der Waals surface area contributed by atoms with Crippen LogP contribution in [0.1, 0.15) is 28.4 Å². The number of methoxy groups -OCH3 is 1. The van der Waals surface area contributed by atoms with Crippen LogP contribution >= 0.6 is 0 Å². The molecule has 2 heterocycles. The van der Waals surface area contributed by atoms with Gasteiger partial charge in [0, 0.05) is 13.7 Å². The third kappa shape index (κ3) is 5.22. The topological polar surface area (TPSA) is 59.0 Å². The summed E-state index contributed by atoms with van der Waals surface area (Å²) in [5, 5.41) is 11.8. The van der Waals surface area contributed by atoms with E-state index in [1.807, 2.05) is 12.1 Å². The highest BCUT2D eigenvalue weighted by molar-refractivity contribution is 5.44. The van der Waals surface area contributed by atoms with Gasteiger partial charge < -0.3 is 18.7 Å². The van der Waals surface area contributed by atoms with Crippen molar-refractivity contribution in [1.82, 2.24) is 4.90 Å². The summed E-state index contributed by atoms with van der Waals surface area (Å²) >= 11 is 0. The van der Waals surface area contributed by atoms with E-state index in [-0.39, 0.29) is 16.9 Å². The van der Waals surface area contributed by atoms with Gasteiger partial charge in [-0.15, -0.1) is 0 Å². The molecular formula is C26H25F2NO4. The van der Waals surface area contributed by atoms with Gasteiger partial charge in [-0.25, -0.2) is 8.78 Å². The predicted molar refractivity (Wildman–Crippen MR) is 118 cm³/mol. The van der Waals surface area contributed by atoms with Crippen LogP contribution < -0.4 is 0 Å². The number of hydrogen-bond acceptors (Lipinski definition) is 5. The zero-order chi connectivity index (χ0) is 23.3. The Morgan fingerprint density at radius 1 is 0.879 bits per heavy atom. The summed E-state index contributed by atoms with van der Waals surface area (Å²) in [5.74, 6) is 0.516. The van der Waals surface area contributed by atoms with Crippen molar-refractivity contribution in [2.75, 3.05) is 20.3 Å². The fourth-order valence-electron chi connectivity index (χ4n) is 3.81. The minimum atomic E-state index is -1.87. The van der Waals surface area contributed by atoms with E-state index in [1.165, 1.54) is 36.4 Å². The third-order valence-electron chi connectivity index (χ3n) is 5.45. The second-order valence-electron chi connectivity index (χ2n) is 7.78. The summed E-state index contributed by atoms with van der Waals surface area (Å²) in [6.07, 6.45) is 1.62. The van der Waals surface area contributed by atoms with Crippen LogP contribution in [-0.2, 0) is 23.4 Å². The van der Waals surface area contributed by atoms with Crippen LogP contribution in [0.15, 0.2) is 87.9 Å². The maximum absolute atomic E-state index is 14.0. The number of nitrogens with zero attached hydrogens (tertiary/aromatic N) is 1. The largest absolute Gasteiger partial charge is 0.468 e. The number of ether oxygens (including phenoxy) is 1. The standard InChI is InChI=1S/C26H25F2NO4/c1-31-14-12-29(17-23-9-4-13-32-23)18-24-10-11-25(33-24)26(30,19-5-2-7-21(27)15-19)20-6-3-8-22(28)16-20/h2-11,13,15-16,30H,12,14,17-18H2,1H3. The molecule has 0 radical (unpaired) electrons. The molecule has 0 spiro atoms. The minimum absolute atomic E-state index is 0.165. The van der Waals surface area contributed by atoms with E-state index in [2.05, 4.69) is 4.90 Å². The summed E-state index contributed by atoms with van der Waals surface area (Å²) in [6, 6.07) is 18.3. The molecule has 0 saturated carbocycles. The zero-order valence-electron chi connectivity index (χ0n) is 18.2. The lowest BCUT2D eigenvalue weighted by Crippen LogP contribution is -2.29. The normalized spacial score (nSPS) is 11.9. The maximum Gasteiger partial charge on any atom is 0.173 e. The van der Waals surface area contributed by atoms with E-state index < -0.39 is 17.2 Å². The molecule has 1 N–H and O–H groups in total. The van der Waals surface area contributed by atoms with Crippen molar-refractivity contribution in [3.8, 4) is 0 Å². The minimum Gasteiger partial charge on any atom is -0.468 e. The van der Waals surface area contributed by atoms with E-state index in [0.29, 0.717) is 32.0 Å². The molecule has 2 aromatic heterocycles. The summed E-state index contributed by atoms with van der Waals surface area (Å²) < 4.78 is 44.8. The van der Waals surface area contributed by atoms with E-state index in [4.69, 9.17) is 13.6 Å². The zero-order valence-corrected chi connectivity index (χ0v) is 18.2. The Hall–Kier alpha value is -3.26. The van der Waals surface area contributed by atoms with Gasteiger partial charge in [0.15, 0.2) is 5.60 Å². The van der Waals surface area contributed by atoms with Crippen molar-refractivity contribution >= 4 is 0 Å². The summed E-state index contributed by atoms with van der Waals surface area (Å²) in [4.78, 5) is 2.08. The molecule has 7 heteroatoms. The number of hydrogen-bond donors (Lipinski definition) is 1. The van der Waals surface area contributed by atoms with Crippen molar-refractivity contribution < 1.29 is 27.5 Å². The van der Waals surface area contributed by atoms with Gasteiger partial charge in [0.05, 0.1) is 26.0 Å². The fourth-order valence-corrected chi connectivity index (χ4v) is 3.81. The van der Waals surface area contributed by atoms with E-state index in [9.17, 15) is 13.9 Å². The molecule has 0 aliphatic carbocycles. The van der Waals surface area contributed by atoms with Gasteiger partial charge in [0.1, 0.15) is 28.9 Å². The molecule has 4 rings (SSSR count). The molecule has 0 aliphatic rings. The molecule has 2 aromatic carbocycles. The van der Waals surface area contributed by atoms with Crippen molar-refractivity contribution in [2.45, 2.75) is 18.7 Å². The third-order valence-corrected chi connectivity index (χ3v) is 5.45. The van der Waals surface area contributed by atoms with Crippen LogP contribution in [0.3, 0.4) is 0 Å². The van der Waals surface area contributed by atoms with Gasteiger partial charge in [0.25, 0.3) is 0 Å². The number of furan rings is 2. The molecule has 33 heavy (non-hydrogen) atoms. The SMILES string of the molecule is COCCN(Cc1ccco1)Cc1ccc(C(O)(c2cccc(F)c2)c2cccc(F)c2)o1. The number of benzene rings is 2. The smallest absolute Gasteiger partial charge is 0.173 e. The molecule has 0 saturated heterocycles. The monoisotopic (exact) mass is 453 g/mol. The molecular weight excluding hydrogens is 428 g/mol. The van der Waals surface area contributed by atoms with Crippen molar-refractivity contribution in [2.24, 2.45) is 0 Å². The Bertz CT molecular complexity index is 1130. The molecule has 172 valence electrons. The Morgan fingerprint density at radius 2 is 1.55 bits per heavy atom. The summed E-state index contributed by atoms with van der Waals surface area (Å²) in [5.41, 5.74) is -1.40. The highest BCUT2D eigenvalue weighted by Crippen LogP contribution is 2.38. The fraction of sp³-hybridized carbons (Fsp3) is 0.231. The molecule has 0 fully saturated rings. The molecule has 4 aromatic rings.